The molecule has 0 unspecified atom stereocenters. The summed E-state index contributed by atoms with van der Waals surface area (Å²) in [6, 6.07) is 1.50. The summed E-state index contributed by atoms with van der Waals surface area (Å²) < 4.78 is 1.70. The number of nitrogens with zero attached hydrogens (tertiary/aromatic N) is 2. The lowest BCUT2D eigenvalue weighted by molar-refractivity contribution is -0.137. The van der Waals surface area contributed by atoms with Crippen LogP contribution in [0.1, 0.15) is 68.6 Å². The van der Waals surface area contributed by atoms with Gasteiger partial charge in [0.05, 0.1) is 12.1 Å². The van der Waals surface area contributed by atoms with Gasteiger partial charge in [-0.05, 0) is 38.2 Å². The van der Waals surface area contributed by atoms with Crippen molar-refractivity contribution >= 4 is 11.9 Å². The van der Waals surface area contributed by atoms with Crippen LogP contribution in [0.2, 0.25) is 0 Å². The molecule has 1 aliphatic rings. The van der Waals surface area contributed by atoms with Gasteiger partial charge in [-0.2, -0.15) is 5.10 Å². The van der Waals surface area contributed by atoms with Crippen molar-refractivity contribution in [1.29, 1.82) is 0 Å². The molecule has 1 fully saturated rings. The number of aliphatic carboxylic acids is 1. The van der Waals surface area contributed by atoms with E-state index in [2.05, 4.69) is 10.4 Å². The van der Waals surface area contributed by atoms with Crippen LogP contribution >= 0.6 is 0 Å². The molecule has 1 aliphatic carbocycles. The first kappa shape index (κ1) is 16.5. The smallest absolute Gasteiger partial charge is 0.305 e. The van der Waals surface area contributed by atoms with E-state index in [1.807, 2.05) is 26.8 Å². The quantitative estimate of drug-likeness (QED) is 0.772. The lowest BCUT2D eigenvalue weighted by atomic mass is 10.0. The summed E-state index contributed by atoms with van der Waals surface area (Å²) in [5, 5.41) is 16.3. The second-order valence-electron chi connectivity index (χ2n) is 6.44. The molecule has 1 aromatic rings. The number of carboxylic acids is 1. The highest BCUT2D eigenvalue weighted by atomic mass is 16.4. The summed E-state index contributed by atoms with van der Waals surface area (Å²) in [6.07, 6.45) is 2.86. The molecule has 6 heteroatoms. The van der Waals surface area contributed by atoms with E-state index < -0.39 is 5.97 Å². The number of aromatic nitrogens is 2. The zero-order valence-electron chi connectivity index (χ0n) is 13.5. The first-order valence-electron chi connectivity index (χ1n) is 8.01. The molecular formula is C16H25N3O3. The Morgan fingerprint density at radius 3 is 2.64 bits per heavy atom. The molecule has 0 spiro atoms. The molecule has 1 saturated carbocycles. The average Bonchev–Trinajstić information content (AvgIpc) is 3.16. The van der Waals surface area contributed by atoms with Gasteiger partial charge in [0.2, 0.25) is 0 Å². The largest absolute Gasteiger partial charge is 0.481 e. The van der Waals surface area contributed by atoms with Crippen LogP contribution < -0.4 is 5.32 Å². The molecule has 6 nitrogen and oxygen atoms in total. The van der Waals surface area contributed by atoms with Crippen molar-refractivity contribution in [1.82, 2.24) is 15.1 Å². The summed E-state index contributed by atoms with van der Waals surface area (Å²) in [5.41, 5.74) is 1.51. The summed E-state index contributed by atoms with van der Waals surface area (Å²) in [7, 11) is 0. The number of nitrogens with one attached hydrogen (secondary N) is 1. The lowest BCUT2D eigenvalue weighted by Crippen LogP contribution is -2.38. The van der Waals surface area contributed by atoms with Crippen molar-refractivity contribution in [2.24, 2.45) is 5.92 Å². The number of amides is 1. The van der Waals surface area contributed by atoms with Gasteiger partial charge in [-0.1, -0.05) is 13.8 Å². The van der Waals surface area contributed by atoms with Gasteiger partial charge in [-0.25, -0.2) is 0 Å². The minimum absolute atomic E-state index is 0.0559. The van der Waals surface area contributed by atoms with E-state index in [4.69, 9.17) is 5.11 Å². The van der Waals surface area contributed by atoms with Gasteiger partial charge in [-0.3, -0.25) is 14.3 Å². The monoisotopic (exact) mass is 307 g/mol. The predicted molar refractivity (Wildman–Crippen MR) is 82.8 cm³/mol. The van der Waals surface area contributed by atoms with Gasteiger partial charge >= 0.3 is 5.97 Å². The predicted octanol–water partition coefficient (Wildman–Crippen LogP) is 2.40. The van der Waals surface area contributed by atoms with Crippen molar-refractivity contribution in [3.8, 4) is 0 Å². The van der Waals surface area contributed by atoms with Crippen LogP contribution in [-0.2, 0) is 11.3 Å². The molecule has 1 heterocycles. The first-order chi connectivity index (χ1) is 10.4. The molecule has 1 amide bonds. The molecule has 122 valence electrons. The maximum atomic E-state index is 12.5. The van der Waals surface area contributed by atoms with Gasteiger partial charge < -0.3 is 10.4 Å². The molecule has 2 N–H and O–H groups in total. The van der Waals surface area contributed by atoms with Gasteiger partial charge in [0.25, 0.3) is 5.91 Å². The summed E-state index contributed by atoms with van der Waals surface area (Å²) in [5.74, 6) is -0.311. The maximum Gasteiger partial charge on any atom is 0.305 e. The lowest BCUT2D eigenvalue weighted by Gasteiger charge is -2.19. The minimum atomic E-state index is -0.895. The van der Waals surface area contributed by atoms with Crippen LogP contribution in [0.25, 0.3) is 0 Å². The molecular weight excluding hydrogens is 282 g/mol. The molecule has 0 bridgehead atoms. The fourth-order valence-corrected chi connectivity index (χ4v) is 2.67. The number of carbonyl (C=O) groups excluding carboxylic acids is 1. The molecule has 0 aliphatic heterocycles. The number of carbonyl (C=O) groups is 2. The van der Waals surface area contributed by atoms with Gasteiger partial charge in [0, 0.05) is 18.5 Å². The Morgan fingerprint density at radius 1 is 1.45 bits per heavy atom. The Labute approximate surface area is 130 Å². The van der Waals surface area contributed by atoms with Crippen LogP contribution in [0.15, 0.2) is 6.07 Å². The van der Waals surface area contributed by atoms with E-state index in [9.17, 15) is 9.59 Å². The molecule has 0 radical (unpaired) electrons. The second kappa shape index (κ2) is 6.94. The second-order valence-corrected chi connectivity index (χ2v) is 6.44. The molecule has 22 heavy (non-hydrogen) atoms. The maximum absolute atomic E-state index is 12.5. The third-order valence-corrected chi connectivity index (χ3v) is 3.84. The van der Waals surface area contributed by atoms with Gasteiger partial charge in [0.15, 0.2) is 0 Å². The Hall–Kier alpha value is -1.85. The van der Waals surface area contributed by atoms with Crippen molar-refractivity contribution in [3.05, 3.63) is 17.5 Å². The SMILES string of the molecule is CCn1nc(C2CC2)cc1C(=O)N[C@H](CC(=O)O)CC(C)C. The summed E-state index contributed by atoms with van der Waals surface area (Å²) in [6.45, 7) is 6.61. The van der Waals surface area contributed by atoms with Crippen molar-refractivity contribution in [2.45, 2.75) is 65.0 Å². The van der Waals surface area contributed by atoms with E-state index in [0.717, 1.165) is 18.5 Å². The zero-order valence-corrected chi connectivity index (χ0v) is 13.5. The third kappa shape index (κ3) is 4.32. The number of aryl methyl sites for hydroxylation is 1. The Morgan fingerprint density at radius 2 is 2.14 bits per heavy atom. The first-order valence-corrected chi connectivity index (χ1v) is 8.01. The highest BCUT2D eigenvalue weighted by Crippen LogP contribution is 2.39. The van der Waals surface area contributed by atoms with Crippen LogP contribution in [0.4, 0.5) is 0 Å². The standard InChI is InChI=1S/C16H25N3O3/c1-4-19-14(9-13(18-19)11-5-6-11)16(22)17-12(7-10(2)3)8-15(20)21/h9-12H,4-8H2,1-3H3,(H,17,22)(H,20,21)/t12-/m0/s1. The Kier molecular flexibility index (Phi) is 5.21. The number of carboxylic acid groups (broad SMARTS) is 1. The zero-order chi connectivity index (χ0) is 16.3. The molecule has 0 saturated heterocycles. The van der Waals surface area contributed by atoms with Crippen molar-refractivity contribution < 1.29 is 14.7 Å². The Balaban J connectivity index is 2.09. The highest BCUT2D eigenvalue weighted by molar-refractivity contribution is 5.93. The van der Waals surface area contributed by atoms with E-state index >= 15 is 0 Å². The molecule has 1 aromatic heterocycles. The topological polar surface area (TPSA) is 84.2 Å². The molecule has 0 aromatic carbocycles. The summed E-state index contributed by atoms with van der Waals surface area (Å²) in [4.78, 5) is 23.5. The fraction of sp³-hybridized carbons (Fsp3) is 0.688. The van der Waals surface area contributed by atoms with E-state index in [1.54, 1.807) is 4.68 Å². The van der Waals surface area contributed by atoms with Crippen LogP contribution in [0, 0.1) is 5.92 Å². The van der Waals surface area contributed by atoms with Crippen molar-refractivity contribution in [2.75, 3.05) is 0 Å². The van der Waals surface area contributed by atoms with E-state index in [-0.39, 0.29) is 18.4 Å². The number of hydrogen-bond acceptors (Lipinski definition) is 3. The van der Waals surface area contributed by atoms with E-state index in [1.165, 1.54) is 0 Å². The minimum Gasteiger partial charge on any atom is -0.481 e. The van der Waals surface area contributed by atoms with Crippen LogP contribution in [-0.4, -0.2) is 32.8 Å². The molecule has 1 atom stereocenters. The normalized spacial score (nSPS) is 15.8. The number of rotatable bonds is 8. The third-order valence-electron chi connectivity index (χ3n) is 3.84. The summed E-state index contributed by atoms with van der Waals surface area (Å²) >= 11 is 0. The number of hydrogen-bond donors (Lipinski definition) is 2. The average molecular weight is 307 g/mol. The van der Waals surface area contributed by atoms with Gasteiger partial charge in [-0.15, -0.1) is 0 Å². The van der Waals surface area contributed by atoms with Gasteiger partial charge in [0.1, 0.15) is 5.69 Å². The van der Waals surface area contributed by atoms with Crippen LogP contribution in [0.3, 0.4) is 0 Å². The fourth-order valence-electron chi connectivity index (χ4n) is 2.67. The highest BCUT2D eigenvalue weighted by Gasteiger charge is 2.29. The molecule has 2 rings (SSSR count). The van der Waals surface area contributed by atoms with E-state index in [0.29, 0.717) is 30.5 Å². The van der Waals surface area contributed by atoms with Crippen molar-refractivity contribution in [3.63, 3.8) is 0 Å². The Bertz CT molecular complexity index is 547. The van der Waals surface area contributed by atoms with Crippen LogP contribution in [0.5, 0.6) is 0 Å².